The van der Waals surface area contributed by atoms with Gasteiger partial charge in [-0.3, -0.25) is 14.9 Å². The summed E-state index contributed by atoms with van der Waals surface area (Å²) in [6, 6.07) is 11.0. The molecule has 2 aromatic rings. The second-order valence-electron chi connectivity index (χ2n) is 5.81. The minimum atomic E-state index is -0.987. The predicted molar refractivity (Wildman–Crippen MR) is 94.4 cm³/mol. The number of hydrogen-bond donors (Lipinski definition) is 0. The number of ether oxygens (including phenoxy) is 2. The Hall–Kier alpha value is -3.22. The van der Waals surface area contributed by atoms with Gasteiger partial charge in [0.15, 0.2) is 18.5 Å². The molecule has 0 bridgehead atoms. The van der Waals surface area contributed by atoms with Gasteiger partial charge in [-0.05, 0) is 44.0 Å². The average molecular weight is 357 g/mol. The molecule has 0 N–H and O–H groups in total. The summed E-state index contributed by atoms with van der Waals surface area (Å²) in [6.45, 7) is 4.77. The Balaban J connectivity index is 1.96. The highest BCUT2D eigenvalue weighted by Gasteiger charge is 2.21. The summed E-state index contributed by atoms with van der Waals surface area (Å²) < 4.78 is 10.2. The van der Waals surface area contributed by atoms with Gasteiger partial charge in [0, 0.05) is 11.6 Å². The lowest BCUT2D eigenvalue weighted by Gasteiger charge is -2.13. The number of hydrogen-bond acceptors (Lipinski definition) is 6. The Labute approximate surface area is 150 Å². The second-order valence-corrected chi connectivity index (χ2v) is 5.81. The molecule has 2 rings (SSSR count). The maximum Gasteiger partial charge on any atom is 0.344 e. The van der Waals surface area contributed by atoms with E-state index in [0.29, 0.717) is 5.56 Å². The van der Waals surface area contributed by atoms with Crippen molar-refractivity contribution < 1.29 is 24.0 Å². The third-order valence-corrected chi connectivity index (χ3v) is 3.88. The molecule has 2 aromatic carbocycles. The Morgan fingerprint density at radius 2 is 1.81 bits per heavy atom. The third kappa shape index (κ3) is 4.66. The number of carbonyl (C=O) groups is 2. The molecule has 136 valence electrons. The van der Waals surface area contributed by atoms with Crippen LogP contribution in [0.1, 0.15) is 28.4 Å². The molecule has 0 amide bonds. The van der Waals surface area contributed by atoms with Gasteiger partial charge < -0.3 is 9.47 Å². The fourth-order valence-corrected chi connectivity index (χ4v) is 2.28. The van der Waals surface area contributed by atoms with E-state index in [0.717, 1.165) is 11.1 Å². The lowest BCUT2D eigenvalue weighted by Crippen LogP contribution is -2.27. The largest absolute Gasteiger partial charge is 0.475 e. The molecule has 1 atom stereocenters. The number of esters is 1. The molecule has 7 nitrogen and oxygen atoms in total. The molecule has 0 heterocycles. The molecule has 0 saturated carbocycles. The summed E-state index contributed by atoms with van der Waals surface area (Å²) in [4.78, 5) is 34.6. The number of aryl methyl sites for hydroxylation is 2. The van der Waals surface area contributed by atoms with Crippen molar-refractivity contribution in [3.63, 3.8) is 0 Å². The van der Waals surface area contributed by atoms with E-state index in [2.05, 4.69) is 0 Å². The van der Waals surface area contributed by atoms with Crippen LogP contribution in [0.3, 0.4) is 0 Å². The lowest BCUT2D eigenvalue weighted by molar-refractivity contribution is -0.385. The van der Waals surface area contributed by atoms with Crippen LogP contribution in [0.2, 0.25) is 0 Å². The maximum absolute atomic E-state index is 12.4. The van der Waals surface area contributed by atoms with Crippen LogP contribution in [0.5, 0.6) is 5.75 Å². The summed E-state index contributed by atoms with van der Waals surface area (Å²) in [7, 11) is 0. The first kappa shape index (κ1) is 19.1. The summed E-state index contributed by atoms with van der Waals surface area (Å²) in [6.07, 6.45) is -0.987. The fourth-order valence-electron chi connectivity index (χ4n) is 2.28. The van der Waals surface area contributed by atoms with E-state index >= 15 is 0 Å². The van der Waals surface area contributed by atoms with Gasteiger partial charge >= 0.3 is 11.7 Å². The molecular formula is C19H19NO6. The zero-order chi connectivity index (χ0) is 19.3. The molecule has 0 radical (unpaired) electrons. The number of nitro groups is 1. The van der Waals surface area contributed by atoms with Crippen LogP contribution < -0.4 is 4.74 Å². The summed E-state index contributed by atoms with van der Waals surface area (Å²) in [5.41, 5.74) is 2.23. The van der Waals surface area contributed by atoms with Crippen molar-refractivity contribution in [2.45, 2.75) is 26.9 Å². The number of para-hydroxylation sites is 2. The van der Waals surface area contributed by atoms with Gasteiger partial charge in [-0.2, -0.15) is 0 Å². The Bertz CT molecular complexity index is 846. The number of Topliss-reactive ketones (excluding diaryl/α,β-unsaturated/α-hetero) is 1. The first-order valence-corrected chi connectivity index (χ1v) is 7.96. The van der Waals surface area contributed by atoms with Gasteiger partial charge in [0.2, 0.25) is 5.78 Å². The van der Waals surface area contributed by atoms with Gasteiger partial charge in [-0.25, -0.2) is 4.79 Å². The van der Waals surface area contributed by atoms with Crippen LogP contribution in [0, 0.1) is 24.0 Å². The standard InChI is InChI=1S/C19H19NO6/c1-12-8-9-15(10-13(12)2)19(22)14(3)26-18(21)11-25-17-7-5-4-6-16(17)20(23)24/h4-10,14H,11H2,1-3H3. The smallest absolute Gasteiger partial charge is 0.344 e. The zero-order valence-corrected chi connectivity index (χ0v) is 14.7. The molecule has 0 saturated heterocycles. The molecule has 0 fully saturated rings. The molecule has 26 heavy (non-hydrogen) atoms. The van der Waals surface area contributed by atoms with E-state index in [1.165, 1.54) is 25.1 Å². The van der Waals surface area contributed by atoms with Crippen molar-refractivity contribution in [2.75, 3.05) is 6.61 Å². The van der Waals surface area contributed by atoms with E-state index < -0.39 is 23.6 Å². The van der Waals surface area contributed by atoms with E-state index in [-0.39, 0.29) is 17.2 Å². The minimum Gasteiger partial charge on any atom is -0.475 e. The van der Waals surface area contributed by atoms with Crippen LogP contribution in [0.25, 0.3) is 0 Å². The van der Waals surface area contributed by atoms with E-state index in [1.54, 1.807) is 18.2 Å². The number of benzene rings is 2. The van der Waals surface area contributed by atoms with Crippen molar-refractivity contribution in [1.82, 2.24) is 0 Å². The van der Waals surface area contributed by atoms with Crippen LogP contribution >= 0.6 is 0 Å². The third-order valence-electron chi connectivity index (χ3n) is 3.88. The number of nitro benzene ring substituents is 1. The SMILES string of the molecule is Cc1ccc(C(=O)C(C)OC(=O)COc2ccccc2[N+](=O)[O-])cc1C. The minimum absolute atomic E-state index is 0.0393. The monoisotopic (exact) mass is 357 g/mol. The summed E-state index contributed by atoms with van der Waals surface area (Å²) in [5.74, 6) is -1.15. The highest BCUT2D eigenvalue weighted by Crippen LogP contribution is 2.25. The zero-order valence-electron chi connectivity index (χ0n) is 14.7. The van der Waals surface area contributed by atoms with Crippen molar-refractivity contribution in [3.8, 4) is 5.75 Å². The van der Waals surface area contributed by atoms with Crippen LogP contribution in [0.15, 0.2) is 42.5 Å². The highest BCUT2D eigenvalue weighted by molar-refractivity contribution is 6.00. The topological polar surface area (TPSA) is 95.7 Å². The molecule has 0 aliphatic heterocycles. The van der Waals surface area contributed by atoms with Crippen LogP contribution in [-0.2, 0) is 9.53 Å². The van der Waals surface area contributed by atoms with Crippen molar-refractivity contribution in [3.05, 3.63) is 69.3 Å². The Morgan fingerprint density at radius 3 is 2.46 bits per heavy atom. The number of nitrogens with zero attached hydrogens (tertiary/aromatic N) is 1. The van der Waals surface area contributed by atoms with Gasteiger partial charge in [0.05, 0.1) is 4.92 Å². The molecule has 0 aliphatic rings. The fraction of sp³-hybridized carbons (Fsp3) is 0.263. The summed E-state index contributed by atoms with van der Waals surface area (Å²) in [5, 5.41) is 10.9. The van der Waals surface area contributed by atoms with Crippen molar-refractivity contribution in [2.24, 2.45) is 0 Å². The Morgan fingerprint density at radius 1 is 1.12 bits per heavy atom. The molecule has 7 heteroatoms. The molecule has 1 unspecified atom stereocenters. The quantitative estimate of drug-likeness (QED) is 0.326. The first-order valence-electron chi connectivity index (χ1n) is 7.96. The van der Waals surface area contributed by atoms with Gasteiger partial charge in [0.1, 0.15) is 0 Å². The lowest BCUT2D eigenvalue weighted by atomic mass is 10.0. The van der Waals surface area contributed by atoms with Crippen molar-refractivity contribution >= 4 is 17.4 Å². The number of carbonyl (C=O) groups excluding carboxylic acids is 2. The predicted octanol–water partition coefficient (Wildman–Crippen LogP) is 3.41. The van der Waals surface area contributed by atoms with Crippen LogP contribution in [0.4, 0.5) is 5.69 Å². The normalized spacial score (nSPS) is 11.5. The van der Waals surface area contributed by atoms with E-state index in [9.17, 15) is 19.7 Å². The average Bonchev–Trinajstić information content (AvgIpc) is 2.61. The highest BCUT2D eigenvalue weighted by atomic mass is 16.6. The van der Waals surface area contributed by atoms with Gasteiger partial charge in [-0.1, -0.05) is 24.3 Å². The molecule has 0 spiro atoms. The van der Waals surface area contributed by atoms with E-state index in [1.807, 2.05) is 19.9 Å². The molecular weight excluding hydrogens is 338 g/mol. The summed E-state index contributed by atoms with van der Waals surface area (Å²) >= 11 is 0. The Kier molecular flexibility index (Phi) is 6.06. The number of rotatable bonds is 7. The molecule has 0 aromatic heterocycles. The first-order chi connectivity index (χ1) is 12.3. The second kappa shape index (κ2) is 8.24. The van der Waals surface area contributed by atoms with Crippen LogP contribution in [-0.4, -0.2) is 29.4 Å². The van der Waals surface area contributed by atoms with Crippen molar-refractivity contribution in [1.29, 1.82) is 0 Å². The molecule has 0 aliphatic carbocycles. The van der Waals surface area contributed by atoms with E-state index in [4.69, 9.17) is 9.47 Å². The number of ketones is 1. The van der Waals surface area contributed by atoms with Gasteiger partial charge in [-0.15, -0.1) is 0 Å². The maximum atomic E-state index is 12.4. The van der Waals surface area contributed by atoms with Gasteiger partial charge in [0.25, 0.3) is 0 Å².